The average molecular weight is 423 g/mol. The van der Waals surface area contributed by atoms with Crippen molar-refractivity contribution in [3.05, 3.63) is 79.4 Å². The molecule has 0 aliphatic carbocycles. The summed E-state index contributed by atoms with van der Waals surface area (Å²) in [6, 6.07) is 9.24. The van der Waals surface area contributed by atoms with E-state index in [9.17, 15) is 29.6 Å². The molecule has 2 rings (SSSR count). The Balaban J connectivity index is 2.51. The number of hydrogen-bond acceptors (Lipinski definition) is 8. The minimum absolute atomic E-state index is 0.345. The van der Waals surface area contributed by atoms with Crippen molar-refractivity contribution in [1.82, 2.24) is 5.32 Å². The number of non-ortho nitro benzene ring substituents is 2. The van der Waals surface area contributed by atoms with E-state index in [4.69, 9.17) is 9.05 Å². The van der Waals surface area contributed by atoms with Gasteiger partial charge in [-0.2, -0.15) is 0 Å². The summed E-state index contributed by atoms with van der Waals surface area (Å²) < 4.78 is 23.0. The zero-order valence-electron chi connectivity index (χ0n) is 15.7. The van der Waals surface area contributed by atoms with Crippen LogP contribution >= 0.6 is 7.60 Å². The molecule has 1 amide bonds. The predicted octanol–water partition coefficient (Wildman–Crippen LogP) is 3.73. The molecule has 0 aromatic heterocycles. The Labute approximate surface area is 165 Å². The molecule has 0 aliphatic heterocycles. The fourth-order valence-corrected chi connectivity index (χ4v) is 3.99. The van der Waals surface area contributed by atoms with E-state index < -0.39 is 40.5 Å². The standard InChI is InChI=1S/C17H18N3O8P/c1-11-5-4-6-12(7-11)17(29(26,27-2)28-3)18-16(21)13-8-14(19(22)23)10-15(9-13)20(24)25/h4-10,17H,1-3H3,(H,18,21)/t17-/m1/s1. The third kappa shape index (κ3) is 5.02. The number of carbonyl (C=O) groups is 1. The number of nitro groups is 2. The molecule has 0 saturated carbocycles. The molecule has 11 nitrogen and oxygen atoms in total. The van der Waals surface area contributed by atoms with Crippen molar-refractivity contribution in [2.24, 2.45) is 0 Å². The lowest BCUT2D eigenvalue weighted by atomic mass is 10.1. The van der Waals surface area contributed by atoms with Gasteiger partial charge in [0.1, 0.15) is 0 Å². The highest BCUT2D eigenvalue weighted by Gasteiger charge is 2.37. The van der Waals surface area contributed by atoms with Crippen LogP contribution < -0.4 is 5.32 Å². The van der Waals surface area contributed by atoms with E-state index in [-0.39, 0.29) is 5.56 Å². The van der Waals surface area contributed by atoms with Crippen LogP contribution in [0.2, 0.25) is 0 Å². The molecule has 0 unspecified atom stereocenters. The first-order valence-corrected chi connectivity index (χ1v) is 9.75. The number of rotatable bonds is 8. The number of benzene rings is 2. The molecule has 0 spiro atoms. The Morgan fingerprint density at radius 1 is 1.03 bits per heavy atom. The van der Waals surface area contributed by atoms with Gasteiger partial charge in [0.2, 0.25) is 0 Å². The van der Waals surface area contributed by atoms with E-state index in [1.54, 1.807) is 31.2 Å². The second-order valence-electron chi connectivity index (χ2n) is 5.95. The number of hydrogen-bond donors (Lipinski definition) is 1. The summed E-state index contributed by atoms with van der Waals surface area (Å²) >= 11 is 0. The first-order chi connectivity index (χ1) is 13.6. The number of nitrogens with one attached hydrogen (secondary N) is 1. The summed E-state index contributed by atoms with van der Waals surface area (Å²) in [6.45, 7) is 1.79. The van der Waals surface area contributed by atoms with Crippen molar-refractivity contribution >= 4 is 24.9 Å². The molecular weight excluding hydrogens is 405 g/mol. The summed E-state index contributed by atoms with van der Waals surface area (Å²) in [5.74, 6) is -2.17. The van der Waals surface area contributed by atoms with E-state index in [0.717, 1.165) is 38.0 Å². The van der Waals surface area contributed by atoms with Crippen LogP contribution in [0.15, 0.2) is 42.5 Å². The molecule has 154 valence electrons. The quantitative estimate of drug-likeness (QED) is 0.383. The number of amides is 1. The van der Waals surface area contributed by atoms with Crippen LogP contribution in [0.25, 0.3) is 0 Å². The van der Waals surface area contributed by atoms with Crippen LogP contribution in [0.1, 0.15) is 27.3 Å². The predicted molar refractivity (Wildman–Crippen MR) is 103 cm³/mol. The molecular formula is C17H18N3O8P. The van der Waals surface area contributed by atoms with Gasteiger partial charge in [0, 0.05) is 26.4 Å². The minimum Gasteiger partial charge on any atom is -0.334 e. The molecule has 0 fully saturated rings. The summed E-state index contributed by atoms with van der Waals surface area (Å²) in [6.07, 6.45) is 0. The average Bonchev–Trinajstić information content (AvgIpc) is 2.70. The molecule has 2 aromatic carbocycles. The molecule has 1 N–H and O–H groups in total. The lowest BCUT2D eigenvalue weighted by molar-refractivity contribution is -0.394. The maximum absolute atomic E-state index is 13.0. The van der Waals surface area contributed by atoms with E-state index in [1.807, 2.05) is 0 Å². The van der Waals surface area contributed by atoms with Gasteiger partial charge in [-0.15, -0.1) is 0 Å². The highest BCUT2D eigenvalue weighted by Crippen LogP contribution is 2.58. The maximum atomic E-state index is 13.0. The van der Waals surface area contributed by atoms with Crippen LogP contribution in [-0.4, -0.2) is 30.0 Å². The van der Waals surface area contributed by atoms with Crippen LogP contribution in [0.4, 0.5) is 11.4 Å². The smallest absolute Gasteiger partial charge is 0.334 e. The lowest BCUT2D eigenvalue weighted by Crippen LogP contribution is -2.29. The summed E-state index contributed by atoms with van der Waals surface area (Å²) in [4.78, 5) is 33.2. The fourth-order valence-electron chi connectivity index (χ4n) is 2.62. The molecule has 0 saturated heterocycles. The number of aryl methyl sites for hydroxylation is 1. The van der Waals surface area contributed by atoms with E-state index in [2.05, 4.69) is 5.32 Å². The zero-order valence-corrected chi connectivity index (χ0v) is 16.6. The molecule has 1 atom stereocenters. The van der Waals surface area contributed by atoms with Crippen molar-refractivity contribution in [3.63, 3.8) is 0 Å². The Morgan fingerprint density at radius 3 is 2.03 bits per heavy atom. The molecule has 29 heavy (non-hydrogen) atoms. The molecule has 0 radical (unpaired) electrons. The van der Waals surface area contributed by atoms with Gasteiger partial charge in [0.05, 0.1) is 21.5 Å². The van der Waals surface area contributed by atoms with Gasteiger partial charge in [-0.3, -0.25) is 29.6 Å². The zero-order chi connectivity index (χ0) is 21.8. The Hall–Kier alpha value is -3.14. The van der Waals surface area contributed by atoms with Gasteiger partial charge >= 0.3 is 7.60 Å². The Bertz CT molecular complexity index is 970. The van der Waals surface area contributed by atoms with Crippen LogP contribution in [0, 0.1) is 27.2 Å². The topological polar surface area (TPSA) is 151 Å². The first kappa shape index (κ1) is 22.2. The van der Waals surface area contributed by atoms with Crippen molar-refractivity contribution < 1.29 is 28.3 Å². The number of carbonyl (C=O) groups excluding carboxylic acids is 1. The molecule has 0 bridgehead atoms. The first-order valence-electron chi connectivity index (χ1n) is 8.13. The van der Waals surface area contributed by atoms with Crippen LogP contribution in [0.3, 0.4) is 0 Å². The van der Waals surface area contributed by atoms with E-state index in [0.29, 0.717) is 5.56 Å². The summed E-state index contributed by atoms with van der Waals surface area (Å²) in [7, 11) is -1.57. The monoisotopic (exact) mass is 423 g/mol. The summed E-state index contributed by atoms with van der Waals surface area (Å²) in [5.41, 5.74) is -0.379. The van der Waals surface area contributed by atoms with E-state index >= 15 is 0 Å². The van der Waals surface area contributed by atoms with Crippen molar-refractivity contribution in [1.29, 1.82) is 0 Å². The number of nitrogens with zero attached hydrogens (tertiary/aromatic N) is 2. The highest BCUT2D eigenvalue weighted by molar-refractivity contribution is 7.54. The van der Waals surface area contributed by atoms with Gasteiger partial charge in [-0.05, 0) is 12.5 Å². The third-order valence-electron chi connectivity index (χ3n) is 4.04. The van der Waals surface area contributed by atoms with Crippen molar-refractivity contribution in [2.75, 3.05) is 14.2 Å². The van der Waals surface area contributed by atoms with Gasteiger partial charge in [-0.25, -0.2) is 0 Å². The van der Waals surface area contributed by atoms with Crippen LogP contribution in [-0.2, 0) is 13.6 Å². The maximum Gasteiger partial charge on any atom is 0.356 e. The summed E-state index contributed by atoms with van der Waals surface area (Å²) in [5, 5.41) is 24.6. The minimum atomic E-state index is -3.87. The molecule has 2 aromatic rings. The second kappa shape index (κ2) is 8.91. The molecule has 0 aliphatic rings. The Kier molecular flexibility index (Phi) is 6.80. The second-order valence-corrected chi connectivity index (χ2v) is 8.27. The van der Waals surface area contributed by atoms with Crippen molar-refractivity contribution in [3.8, 4) is 0 Å². The van der Waals surface area contributed by atoms with Crippen LogP contribution in [0.5, 0.6) is 0 Å². The molecule has 0 heterocycles. The highest BCUT2D eigenvalue weighted by atomic mass is 31.2. The normalized spacial score (nSPS) is 12.2. The largest absolute Gasteiger partial charge is 0.356 e. The Morgan fingerprint density at radius 2 is 1.59 bits per heavy atom. The number of nitro benzene ring substituents is 2. The van der Waals surface area contributed by atoms with Crippen molar-refractivity contribution in [2.45, 2.75) is 12.7 Å². The fraction of sp³-hybridized carbons (Fsp3) is 0.235. The van der Waals surface area contributed by atoms with E-state index in [1.165, 1.54) is 0 Å². The van der Waals surface area contributed by atoms with Gasteiger partial charge in [0.15, 0.2) is 5.78 Å². The third-order valence-corrected chi connectivity index (χ3v) is 6.11. The SMILES string of the molecule is COP(=O)(OC)[C@@H](NC(=O)c1cc([N+](=O)[O-])cc([N+](=O)[O-])c1)c1cccc(C)c1. The van der Waals surface area contributed by atoms with Gasteiger partial charge < -0.3 is 14.4 Å². The lowest BCUT2D eigenvalue weighted by Gasteiger charge is -2.26. The van der Waals surface area contributed by atoms with Gasteiger partial charge in [-0.1, -0.05) is 29.8 Å². The molecule has 12 heteroatoms. The van der Waals surface area contributed by atoms with Gasteiger partial charge in [0.25, 0.3) is 17.3 Å².